The van der Waals surface area contributed by atoms with Crippen molar-refractivity contribution in [3.05, 3.63) is 113 Å². The molecule has 188 valence electrons. The Labute approximate surface area is 215 Å². The van der Waals surface area contributed by atoms with Crippen LogP contribution in [-0.4, -0.2) is 23.6 Å². The molecule has 0 aromatic heterocycles. The largest absolute Gasteiger partial charge is 0.516 e. The van der Waals surface area contributed by atoms with Crippen LogP contribution in [0.3, 0.4) is 0 Å². The van der Waals surface area contributed by atoms with E-state index in [0.29, 0.717) is 0 Å². The minimum atomic E-state index is -0.651. The quantitative estimate of drug-likeness (QED) is 0.170. The summed E-state index contributed by atoms with van der Waals surface area (Å²) in [4.78, 5) is 0. The van der Waals surface area contributed by atoms with E-state index in [-0.39, 0.29) is 5.60 Å². The van der Waals surface area contributed by atoms with Crippen molar-refractivity contribution in [1.82, 2.24) is 0 Å². The van der Waals surface area contributed by atoms with E-state index in [9.17, 15) is 0 Å². The lowest BCUT2D eigenvalue weighted by atomic mass is 9.97. The lowest BCUT2D eigenvalue weighted by Gasteiger charge is -2.27. The summed E-state index contributed by atoms with van der Waals surface area (Å²) in [5, 5.41) is 8.90. The molecule has 0 bridgehead atoms. The van der Waals surface area contributed by atoms with E-state index in [0.717, 1.165) is 40.9 Å². The molecule has 0 saturated carbocycles. The van der Waals surface area contributed by atoms with Crippen molar-refractivity contribution >= 4 is 18.2 Å². The van der Waals surface area contributed by atoms with Gasteiger partial charge in [-0.1, -0.05) is 72.8 Å². The van der Waals surface area contributed by atoms with Crippen molar-refractivity contribution in [2.45, 2.75) is 45.5 Å². The van der Waals surface area contributed by atoms with Gasteiger partial charge in [0.25, 0.3) is 0 Å². The van der Waals surface area contributed by atoms with Crippen LogP contribution in [0.1, 0.15) is 49.9 Å². The first kappa shape index (κ1) is 26.8. The molecule has 4 nitrogen and oxygen atoms in total. The molecule has 36 heavy (non-hydrogen) atoms. The summed E-state index contributed by atoms with van der Waals surface area (Å²) in [5.41, 5.74) is 3.99. The van der Waals surface area contributed by atoms with Crippen LogP contribution in [0.4, 0.5) is 0 Å². The predicted molar refractivity (Wildman–Crippen MR) is 149 cm³/mol. The van der Waals surface area contributed by atoms with E-state index in [2.05, 4.69) is 44.2 Å². The Morgan fingerprint density at radius 1 is 0.639 bits per heavy atom. The molecule has 0 saturated heterocycles. The van der Waals surface area contributed by atoms with E-state index in [4.69, 9.17) is 19.3 Å². The van der Waals surface area contributed by atoms with Gasteiger partial charge in [0.15, 0.2) is 0 Å². The summed E-state index contributed by atoms with van der Waals surface area (Å²) < 4.78 is 17.3. The first-order valence-electron chi connectivity index (χ1n) is 12.1. The monoisotopic (exact) mass is 484 g/mol. The lowest BCUT2D eigenvalue weighted by Crippen LogP contribution is -2.30. The highest BCUT2D eigenvalue weighted by atomic mass is 16.7. The van der Waals surface area contributed by atoms with E-state index < -0.39 is 5.79 Å². The molecule has 0 atom stereocenters. The van der Waals surface area contributed by atoms with E-state index in [1.165, 1.54) is 5.56 Å². The normalized spacial score (nSPS) is 12.6. The van der Waals surface area contributed by atoms with Gasteiger partial charge in [0.1, 0.15) is 17.1 Å². The number of benzene rings is 3. The molecule has 3 aromatic rings. The summed E-state index contributed by atoms with van der Waals surface area (Å²) in [7, 11) is 1.63. The Balaban J connectivity index is 1.52. The Hall–Kier alpha value is -3.76. The molecular weight excluding hydrogens is 448 g/mol. The third-order valence-corrected chi connectivity index (χ3v) is 5.57. The molecule has 0 aliphatic carbocycles. The fraction of sp³-hybridized carbons (Fsp3) is 0.250. The molecule has 0 heterocycles. The zero-order chi connectivity index (χ0) is 26.0. The Kier molecular flexibility index (Phi) is 9.15. The molecule has 0 fully saturated rings. The number of rotatable bonds is 11. The molecule has 0 aliphatic heterocycles. The molecular formula is C32H36O4. The van der Waals surface area contributed by atoms with E-state index >= 15 is 0 Å². The van der Waals surface area contributed by atoms with Crippen LogP contribution in [0.2, 0.25) is 0 Å². The Morgan fingerprint density at radius 2 is 1.08 bits per heavy atom. The summed E-state index contributed by atoms with van der Waals surface area (Å²) >= 11 is 0. The minimum Gasteiger partial charge on any atom is -0.516 e. The summed E-state index contributed by atoms with van der Waals surface area (Å²) in [6.07, 6.45) is 11.6. The predicted octanol–water partition coefficient (Wildman–Crippen LogP) is 8.10. The van der Waals surface area contributed by atoms with Gasteiger partial charge in [0, 0.05) is 27.4 Å². The van der Waals surface area contributed by atoms with Crippen LogP contribution in [0.25, 0.3) is 18.2 Å². The van der Waals surface area contributed by atoms with Crippen LogP contribution in [0.5, 0.6) is 11.5 Å². The Morgan fingerprint density at radius 3 is 1.56 bits per heavy atom. The summed E-state index contributed by atoms with van der Waals surface area (Å²) in [5.74, 6) is 0.960. The first-order chi connectivity index (χ1) is 17.2. The maximum Gasteiger partial charge on any atom is 0.204 e. The second kappa shape index (κ2) is 12.3. The average molecular weight is 485 g/mol. The fourth-order valence-corrected chi connectivity index (χ4v) is 3.63. The minimum absolute atomic E-state index is 0.353. The van der Waals surface area contributed by atoms with Crippen LogP contribution in [0, 0.1) is 0 Å². The molecule has 0 unspecified atom stereocenters. The van der Waals surface area contributed by atoms with Crippen LogP contribution in [0.15, 0.2) is 91.2 Å². The molecule has 0 spiro atoms. The zero-order valence-electron chi connectivity index (χ0n) is 21.8. The molecule has 0 amide bonds. The second-order valence-corrected chi connectivity index (χ2v) is 9.66. The fourth-order valence-electron chi connectivity index (χ4n) is 3.63. The average Bonchev–Trinajstić information content (AvgIpc) is 2.85. The summed E-state index contributed by atoms with van der Waals surface area (Å²) in [6, 6.07) is 24.1. The van der Waals surface area contributed by atoms with Crippen LogP contribution in [-0.2, 0) is 11.2 Å². The third-order valence-electron chi connectivity index (χ3n) is 5.57. The highest BCUT2D eigenvalue weighted by Gasteiger charge is 2.20. The number of aliphatic hydroxyl groups is 1. The molecule has 0 radical (unpaired) electrons. The maximum absolute atomic E-state index is 8.90. The van der Waals surface area contributed by atoms with Gasteiger partial charge < -0.3 is 19.3 Å². The van der Waals surface area contributed by atoms with Gasteiger partial charge in [0.2, 0.25) is 5.79 Å². The van der Waals surface area contributed by atoms with Gasteiger partial charge in [-0.05, 0) is 66.4 Å². The number of ether oxygens (including phenoxy) is 3. The lowest BCUT2D eigenvalue weighted by molar-refractivity contribution is -0.134. The van der Waals surface area contributed by atoms with E-state index in [1.807, 2.05) is 80.6 Å². The molecule has 3 aromatic carbocycles. The van der Waals surface area contributed by atoms with Gasteiger partial charge in [-0.2, -0.15) is 0 Å². The number of hydrogen-bond donors (Lipinski definition) is 1. The van der Waals surface area contributed by atoms with Crippen molar-refractivity contribution in [2.75, 3.05) is 7.11 Å². The number of methoxy groups -OCH3 is 1. The van der Waals surface area contributed by atoms with Crippen molar-refractivity contribution < 1.29 is 19.3 Å². The van der Waals surface area contributed by atoms with Gasteiger partial charge in [-0.15, -0.1) is 0 Å². The molecule has 0 aliphatic rings. The SMILES string of the molecule is COC(C)(C)Oc1ccc(C=CC=Cc2ccc(OC(C)(C)Cc3ccc(C=CO)cc3)cc2)cc1. The maximum atomic E-state index is 8.90. The standard InChI is InChI=1S/C32H36O4/c1-31(2,24-28-12-10-27(11-13-28)22-23-33)35-29-18-14-25(15-19-29)8-6-7-9-26-16-20-30(21-17-26)36-32(3,4)34-5/h6-23,33H,24H2,1-5H3. The Bertz CT molecular complexity index is 1170. The summed E-state index contributed by atoms with van der Waals surface area (Å²) in [6.45, 7) is 7.93. The number of allylic oxidation sites excluding steroid dienone is 2. The zero-order valence-corrected chi connectivity index (χ0v) is 21.8. The van der Waals surface area contributed by atoms with Crippen molar-refractivity contribution in [3.63, 3.8) is 0 Å². The second-order valence-electron chi connectivity index (χ2n) is 9.66. The van der Waals surface area contributed by atoms with Gasteiger partial charge in [-0.3, -0.25) is 0 Å². The van der Waals surface area contributed by atoms with Crippen molar-refractivity contribution in [1.29, 1.82) is 0 Å². The molecule has 1 N–H and O–H groups in total. The molecule has 4 heteroatoms. The van der Waals surface area contributed by atoms with Crippen molar-refractivity contribution in [2.24, 2.45) is 0 Å². The third kappa shape index (κ3) is 8.79. The number of aliphatic hydroxyl groups excluding tert-OH is 1. The van der Waals surface area contributed by atoms with Gasteiger partial charge >= 0.3 is 0 Å². The van der Waals surface area contributed by atoms with Gasteiger partial charge in [-0.25, -0.2) is 0 Å². The number of hydrogen-bond acceptors (Lipinski definition) is 4. The van der Waals surface area contributed by atoms with Crippen LogP contribution < -0.4 is 9.47 Å². The van der Waals surface area contributed by atoms with E-state index in [1.54, 1.807) is 13.2 Å². The smallest absolute Gasteiger partial charge is 0.204 e. The molecule has 3 rings (SSSR count). The van der Waals surface area contributed by atoms with Crippen molar-refractivity contribution in [3.8, 4) is 11.5 Å². The first-order valence-corrected chi connectivity index (χ1v) is 12.1. The van der Waals surface area contributed by atoms with Crippen LogP contribution >= 0.6 is 0 Å². The van der Waals surface area contributed by atoms with Gasteiger partial charge in [0.05, 0.1) is 6.26 Å². The highest BCUT2D eigenvalue weighted by molar-refractivity contribution is 5.58. The topological polar surface area (TPSA) is 47.9 Å². The highest BCUT2D eigenvalue weighted by Crippen LogP contribution is 2.24.